The summed E-state index contributed by atoms with van der Waals surface area (Å²) in [5.41, 5.74) is 0.197. The second kappa shape index (κ2) is 5.21. The van der Waals surface area contributed by atoms with Gasteiger partial charge in [0.05, 0.1) is 12.2 Å². The molecular formula is C13H12F2N4O2. The highest BCUT2D eigenvalue weighted by atomic mass is 19.1. The Balaban J connectivity index is 1.60. The van der Waals surface area contributed by atoms with Crippen molar-refractivity contribution in [1.82, 2.24) is 19.9 Å². The van der Waals surface area contributed by atoms with Crippen LogP contribution in [0.1, 0.15) is 22.1 Å². The summed E-state index contributed by atoms with van der Waals surface area (Å²) in [5, 5.41) is 16.1. The van der Waals surface area contributed by atoms with Crippen LogP contribution in [0.3, 0.4) is 0 Å². The molecule has 110 valence electrons. The Labute approximate surface area is 118 Å². The fraction of sp³-hybridized carbons (Fsp3) is 0.308. The molecular weight excluding hydrogens is 282 g/mol. The summed E-state index contributed by atoms with van der Waals surface area (Å²) >= 11 is 0. The molecule has 2 aromatic rings. The van der Waals surface area contributed by atoms with Gasteiger partial charge in [0.1, 0.15) is 11.6 Å². The lowest BCUT2D eigenvalue weighted by Gasteiger charge is -2.38. The van der Waals surface area contributed by atoms with Gasteiger partial charge in [0.25, 0.3) is 0 Å². The van der Waals surface area contributed by atoms with Crippen LogP contribution in [0.2, 0.25) is 0 Å². The van der Waals surface area contributed by atoms with Gasteiger partial charge in [-0.3, -0.25) is 4.90 Å². The molecule has 1 aromatic carbocycles. The number of nitrogens with zero attached hydrogens (tertiary/aromatic N) is 4. The van der Waals surface area contributed by atoms with Crippen molar-refractivity contribution in [1.29, 1.82) is 0 Å². The van der Waals surface area contributed by atoms with Crippen LogP contribution in [0.25, 0.3) is 0 Å². The van der Waals surface area contributed by atoms with E-state index in [9.17, 15) is 13.6 Å². The predicted molar refractivity (Wildman–Crippen MR) is 67.7 cm³/mol. The average Bonchev–Trinajstić information content (AvgIpc) is 2.86. The summed E-state index contributed by atoms with van der Waals surface area (Å²) in [6.45, 7) is 1.47. The highest BCUT2D eigenvalue weighted by molar-refractivity contribution is 5.84. The van der Waals surface area contributed by atoms with E-state index < -0.39 is 17.6 Å². The Kier molecular flexibility index (Phi) is 3.38. The zero-order valence-corrected chi connectivity index (χ0v) is 10.9. The molecule has 0 bridgehead atoms. The first-order valence-electron chi connectivity index (χ1n) is 6.34. The Morgan fingerprint density at radius 2 is 2.14 bits per heavy atom. The van der Waals surface area contributed by atoms with E-state index in [2.05, 4.69) is 10.3 Å². The van der Waals surface area contributed by atoms with Gasteiger partial charge in [-0.15, -0.1) is 5.10 Å². The summed E-state index contributed by atoms with van der Waals surface area (Å²) < 4.78 is 28.1. The number of rotatable bonds is 4. The standard InChI is InChI=1S/C13H12F2N4O2/c14-9-1-2-11(15)8(3-9)4-18-5-10(6-18)19-7-12(13(20)21)16-17-19/h1-3,7,10H,4-6H2,(H,20,21). The maximum atomic E-state index is 13.5. The van der Waals surface area contributed by atoms with E-state index in [-0.39, 0.29) is 11.7 Å². The highest BCUT2D eigenvalue weighted by Gasteiger charge is 2.30. The van der Waals surface area contributed by atoms with Gasteiger partial charge < -0.3 is 5.11 Å². The minimum Gasteiger partial charge on any atom is -0.476 e. The second-order valence-corrected chi connectivity index (χ2v) is 4.97. The molecule has 1 N–H and O–H groups in total. The van der Waals surface area contributed by atoms with Crippen molar-refractivity contribution in [3.05, 3.63) is 47.3 Å². The van der Waals surface area contributed by atoms with Crippen LogP contribution in [0.15, 0.2) is 24.4 Å². The zero-order chi connectivity index (χ0) is 15.0. The fourth-order valence-corrected chi connectivity index (χ4v) is 2.30. The molecule has 0 atom stereocenters. The molecule has 21 heavy (non-hydrogen) atoms. The van der Waals surface area contributed by atoms with Gasteiger partial charge in [0, 0.05) is 25.2 Å². The van der Waals surface area contributed by atoms with E-state index in [1.54, 1.807) is 0 Å². The SMILES string of the molecule is O=C(O)c1cn(C2CN(Cc3cc(F)ccc3F)C2)nn1. The first-order chi connectivity index (χ1) is 10.0. The van der Waals surface area contributed by atoms with Crippen LogP contribution in [0.4, 0.5) is 8.78 Å². The third-order valence-electron chi connectivity index (χ3n) is 3.44. The number of hydrogen-bond acceptors (Lipinski definition) is 4. The Morgan fingerprint density at radius 1 is 1.38 bits per heavy atom. The van der Waals surface area contributed by atoms with E-state index in [1.165, 1.54) is 16.9 Å². The predicted octanol–water partition coefficient (Wildman–Crippen LogP) is 1.31. The van der Waals surface area contributed by atoms with Crippen molar-refractivity contribution < 1.29 is 18.7 Å². The summed E-state index contributed by atoms with van der Waals surface area (Å²) in [6, 6.07) is 3.38. The van der Waals surface area contributed by atoms with E-state index in [0.29, 0.717) is 25.2 Å². The third-order valence-corrected chi connectivity index (χ3v) is 3.44. The number of carboxylic acids is 1. The average molecular weight is 294 g/mol. The third kappa shape index (κ3) is 2.75. The summed E-state index contributed by atoms with van der Waals surface area (Å²) in [5.74, 6) is -2.03. The van der Waals surface area contributed by atoms with Crippen LogP contribution >= 0.6 is 0 Å². The number of carboxylic acid groups (broad SMARTS) is 1. The van der Waals surface area contributed by atoms with Crippen LogP contribution in [-0.4, -0.2) is 44.1 Å². The van der Waals surface area contributed by atoms with Crippen LogP contribution in [-0.2, 0) is 6.54 Å². The maximum absolute atomic E-state index is 13.5. The number of carbonyl (C=O) groups is 1. The van der Waals surface area contributed by atoms with Crippen LogP contribution < -0.4 is 0 Å². The topological polar surface area (TPSA) is 71.2 Å². The Morgan fingerprint density at radius 3 is 2.81 bits per heavy atom. The normalized spacial score (nSPS) is 15.9. The zero-order valence-electron chi connectivity index (χ0n) is 10.9. The minimum atomic E-state index is -1.13. The molecule has 0 aliphatic carbocycles. The highest BCUT2D eigenvalue weighted by Crippen LogP contribution is 2.23. The quantitative estimate of drug-likeness (QED) is 0.920. The van der Waals surface area contributed by atoms with Gasteiger partial charge in [-0.1, -0.05) is 5.21 Å². The van der Waals surface area contributed by atoms with Crippen LogP contribution in [0, 0.1) is 11.6 Å². The van der Waals surface area contributed by atoms with Crippen molar-refractivity contribution in [3.63, 3.8) is 0 Å². The molecule has 0 spiro atoms. The summed E-state index contributed by atoms with van der Waals surface area (Å²) in [4.78, 5) is 12.6. The Bertz CT molecular complexity index is 683. The molecule has 1 saturated heterocycles. The lowest BCUT2D eigenvalue weighted by Crippen LogP contribution is -2.47. The van der Waals surface area contributed by atoms with E-state index in [1.807, 2.05) is 4.90 Å². The largest absolute Gasteiger partial charge is 0.476 e. The first-order valence-corrected chi connectivity index (χ1v) is 6.34. The van der Waals surface area contributed by atoms with Gasteiger partial charge in [0.15, 0.2) is 5.69 Å². The molecule has 8 heteroatoms. The molecule has 0 radical (unpaired) electrons. The number of aromatic nitrogens is 3. The number of halogens is 2. The lowest BCUT2D eigenvalue weighted by atomic mass is 10.1. The van der Waals surface area contributed by atoms with Gasteiger partial charge in [-0.05, 0) is 18.2 Å². The fourth-order valence-electron chi connectivity index (χ4n) is 2.30. The minimum absolute atomic E-state index is 0.00206. The van der Waals surface area contributed by atoms with Crippen molar-refractivity contribution >= 4 is 5.97 Å². The van der Waals surface area contributed by atoms with Crippen molar-refractivity contribution in [2.45, 2.75) is 12.6 Å². The molecule has 1 fully saturated rings. The number of likely N-dealkylation sites (tertiary alicyclic amines) is 1. The molecule has 0 saturated carbocycles. The van der Waals surface area contributed by atoms with Gasteiger partial charge in [0.2, 0.25) is 0 Å². The smallest absolute Gasteiger partial charge is 0.358 e. The molecule has 0 unspecified atom stereocenters. The molecule has 2 heterocycles. The summed E-state index contributed by atoms with van der Waals surface area (Å²) in [6.07, 6.45) is 1.37. The molecule has 1 aromatic heterocycles. The van der Waals surface area contributed by atoms with Crippen LogP contribution in [0.5, 0.6) is 0 Å². The van der Waals surface area contributed by atoms with Crippen molar-refractivity contribution in [2.75, 3.05) is 13.1 Å². The summed E-state index contributed by atoms with van der Waals surface area (Å²) in [7, 11) is 0. The lowest BCUT2D eigenvalue weighted by molar-refractivity contribution is 0.0690. The molecule has 0 amide bonds. The maximum Gasteiger partial charge on any atom is 0.358 e. The first kappa shape index (κ1) is 13.6. The van der Waals surface area contributed by atoms with E-state index in [4.69, 9.17) is 5.11 Å². The number of hydrogen-bond donors (Lipinski definition) is 1. The molecule has 6 nitrogen and oxygen atoms in total. The number of benzene rings is 1. The van der Waals surface area contributed by atoms with E-state index >= 15 is 0 Å². The monoisotopic (exact) mass is 294 g/mol. The van der Waals surface area contributed by atoms with Gasteiger partial charge in [-0.25, -0.2) is 18.3 Å². The van der Waals surface area contributed by atoms with Crippen molar-refractivity contribution in [2.24, 2.45) is 0 Å². The molecule has 1 aliphatic heterocycles. The molecule has 3 rings (SSSR count). The van der Waals surface area contributed by atoms with Gasteiger partial charge in [-0.2, -0.15) is 0 Å². The Hall–Kier alpha value is -2.35. The van der Waals surface area contributed by atoms with Gasteiger partial charge >= 0.3 is 5.97 Å². The number of aromatic carboxylic acids is 1. The van der Waals surface area contributed by atoms with E-state index in [0.717, 1.165) is 12.1 Å². The molecule has 1 aliphatic rings. The van der Waals surface area contributed by atoms with Crippen molar-refractivity contribution in [3.8, 4) is 0 Å². The second-order valence-electron chi connectivity index (χ2n) is 4.97.